The number of phenolic OH excluding ortho intramolecular Hbond substituents is 1. The number of amides is 6. The summed E-state index contributed by atoms with van der Waals surface area (Å²) in [5.74, 6) is -2.48. The number of anilines is 2. The number of phenols is 1. The minimum Gasteiger partial charge on any atom is -0.508 e. The maximum absolute atomic E-state index is 14.4. The van der Waals surface area contributed by atoms with E-state index in [1.165, 1.54) is 22.4 Å². The summed E-state index contributed by atoms with van der Waals surface area (Å²) in [5, 5.41) is 26.7. The second kappa shape index (κ2) is 17.2. The molecule has 0 saturated carbocycles. The number of aromatic hydroxyl groups is 1. The molecule has 2 aromatic heterocycles. The Bertz CT molecular complexity index is 2740. The molecule has 0 aliphatic carbocycles. The lowest BCUT2D eigenvalue weighted by molar-refractivity contribution is -0.136. The van der Waals surface area contributed by atoms with Gasteiger partial charge in [0, 0.05) is 60.9 Å². The second-order valence-corrected chi connectivity index (χ2v) is 18.2. The third kappa shape index (κ3) is 8.12. The van der Waals surface area contributed by atoms with Crippen LogP contribution in [-0.2, 0) is 20.9 Å². The highest BCUT2D eigenvalue weighted by molar-refractivity contribution is 7.13. The van der Waals surface area contributed by atoms with Crippen molar-refractivity contribution in [1.82, 2.24) is 35.2 Å². The molecule has 2 atom stereocenters. The first-order valence-corrected chi connectivity index (χ1v) is 22.7. The van der Waals surface area contributed by atoms with Gasteiger partial charge in [-0.3, -0.25) is 44.3 Å². The van der Waals surface area contributed by atoms with Crippen LogP contribution in [0.15, 0.2) is 78.3 Å². The molecule has 3 saturated heterocycles. The number of piperidine rings is 3. The predicted octanol–water partition coefficient (Wildman–Crippen LogP) is 5.28. The number of likely N-dealkylation sites (tertiary alicyclic amines) is 1. The van der Waals surface area contributed by atoms with Crippen molar-refractivity contribution in [3.8, 4) is 17.0 Å². The summed E-state index contributed by atoms with van der Waals surface area (Å²) in [6.45, 7) is 4.60. The fourth-order valence-electron chi connectivity index (χ4n) is 9.89. The Morgan fingerprint density at radius 1 is 0.846 bits per heavy atom. The molecule has 0 spiro atoms. The lowest BCUT2D eigenvalue weighted by Gasteiger charge is -2.38. The molecule has 7 heterocycles. The quantitative estimate of drug-likeness (QED) is 0.154. The zero-order chi connectivity index (χ0) is 44.9. The highest BCUT2D eigenvalue weighted by atomic mass is 32.1. The van der Waals surface area contributed by atoms with Gasteiger partial charge in [-0.2, -0.15) is 0 Å². The number of imide groups is 2. The van der Waals surface area contributed by atoms with Crippen molar-refractivity contribution >= 4 is 57.7 Å². The highest BCUT2D eigenvalue weighted by Crippen LogP contribution is 2.39. The zero-order valence-corrected chi connectivity index (χ0v) is 35.9. The van der Waals surface area contributed by atoms with Crippen LogP contribution in [0.2, 0.25) is 0 Å². The molecule has 3 aromatic carbocycles. The van der Waals surface area contributed by atoms with Gasteiger partial charge in [-0.25, -0.2) is 9.37 Å². The van der Waals surface area contributed by atoms with E-state index in [9.17, 15) is 38.3 Å². The molecular weight excluding hydrogens is 854 g/mol. The van der Waals surface area contributed by atoms with Gasteiger partial charge in [-0.15, -0.1) is 21.5 Å². The molecule has 3 N–H and O–H groups in total. The fourth-order valence-corrected chi connectivity index (χ4v) is 10.4. The molecule has 16 nitrogen and oxygen atoms in total. The number of nitrogens with zero attached hydrogens (tertiary/aromatic N) is 7. The average molecular weight is 898 g/mol. The second-order valence-electron chi connectivity index (χ2n) is 17.3. The molecule has 2 unspecified atom stereocenters. The van der Waals surface area contributed by atoms with Crippen LogP contribution in [0.1, 0.15) is 98.2 Å². The van der Waals surface area contributed by atoms with Gasteiger partial charge in [0.2, 0.25) is 11.8 Å². The Balaban J connectivity index is 0.726. The van der Waals surface area contributed by atoms with Gasteiger partial charge in [-0.05, 0) is 117 Å². The number of aromatic nitrogens is 3. The Morgan fingerprint density at radius 3 is 2.38 bits per heavy atom. The van der Waals surface area contributed by atoms with Crippen molar-refractivity contribution < 1.29 is 38.3 Å². The molecule has 5 aliphatic heterocycles. The van der Waals surface area contributed by atoms with Crippen molar-refractivity contribution in [1.29, 1.82) is 0 Å². The van der Waals surface area contributed by atoms with E-state index in [0.29, 0.717) is 44.6 Å². The topological polar surface area (TPSA) is 198 Å². The van der Waals surface area contributed by atoms with Crippen LogP contribution < -0.4 is 15.5 Å². The van der Waals surface area contributed by atoms with E-state index in [4.69, 9.17) is 0 Å². The van der Waals surface area contributed by atoms with E-state index in [1.807, 2.05) is 36.4 Å². The zero-order valence-electron chi connectivity index (χ0n) is 35.1. The maximum atomic E-state index is 14.4. The van der Waals surface area contributed by atoms with Gasteiger partial charge in [0.25, 0.3) is 23.6 Å². The summed E-state index contributed by atoms with van der Waals surface area (Å²) in [4.78, 5) is 89.5. The van der Waals surface area contributed by atoms with Crippen LogP contribution in [0, 0.1) is 11.7 Å². The van der Waals surface area contributed by atoms with Gasteiger partial charge in [-0.1, -0.05) is 18.2 Å². The lowest BCUT2D eigenvalue weighted by Crippen LogP contribution is -2.54. The van der Waals surface area contributed by atoms with Crippen LogP contribution in [0.25, 0.3) is 11.3 Å². The summed E-state index contributed by atoms with van der Waals surface area (Å²) in [5.41, 5.74) is 3.91. The number of hydrogen-bond acceptors (Lipinski definition) is 13. The van der Waals surface area contributed by atoms with E-state index in [-0.39, 0.29) is 36.6 Å². The number of fused-ring (bicyclic) bond motifs is 2. The van der Waals surface area contributed by atoms with E-state index in [0.717, 1.165) is 92.9 Å². The largest absolute Gasteiger partial charge is 0.508 e. The molecule has 332 valence electrons. The Hall–Kier alpha value is -6.92. The van der Waals surface area contributed by atoms with Gasteiger partial charge in [0.15, 0.2) is 10.9 Å². The van der Waals surface area contributed by atoms with E-state index in [1.54, 1.807) is 17.5 Å². The molecule has 5 aromatic rings. The Morgan fingerprint density at radius 2 is 1.65 bits per heavy atom. The number of thiazole rings is 1. The third-order valence-corrected chi connectivity index (χ3v) is 14.1. The number of nitrogens with one attached hydrogen (secondary N) is 2. The SMILES string of the molecule is O=C1CCC(N2C(=O)c3ccc(C4CCN(CC5CCN(c6ccc(-c7ccc8c(c7)C(=O)N(C(C(=O)Nc7nccs7)c7cc(F)ccc7O)C8)nn6)CC5)CC4)cc3C2=O)C(=O)N1. The number of carbonyl (C=O) groups excluding carboxylic acids is 6. The van der Waals surface area contributed by atoms with Crippen molar-refractivity contribution in [3.63, 3.8) is 0 Å². The molecular formula is C47H44FN9O7S. The van der Waals surface area contributed by atoms with Gasteiger partial charge in [0.05, 0.1) is 16.8 Å². The third-order valence-electron chi connectivity index (χ3n) is 13.4. The predicted molar refractivity (Wildman–Crippen MR) is 235 cm³/mol. The Labute approximate surface area is 376 Å². The van der Waals surface area contributed by atoms with Crippen LogP contribution in [0.5, 0.6) is 5.75 Å². The van der Waals surface area contributed by atoms with E-state index in [2.05, 4.69) is 35.6 Å². The standard InChI is InChI=1S/C47H44FN9O7S/c48-31-4-8-38(58)35(23-31)41(43(61)51-47-49-15-20-65-47)56-25-30-2-1-29(22-33(30)44(56)62)36-6-9-39(53-52-36)55-18-11-26(12-19-55)24-54-16-13-27(14-17-54)28-3-5-32-34(21-28)46(64)57(45(32)63)37-7-10-40(59)50-42(37)60/h1-6,8-9,15,20-23,26-27,37,41,58H,7,10-14,16-19,24-25H2,(H,49,51,61)(H,50,59,60). The lowest BCUT2D eigenvalue weighted by atomic mass is 9.87. The van der Waals surface area contributed by atoms with Gasteiger partial charge < -0.3 is 19.8 Å². The number of rotatable bonds is 10. The Kier molecular flexibility index (Phi) is 11.1. The molecule has 0 bridgehead atoms. The number of hydrogen-bond donors (Lipinski definition) is 3. The molecule has 18 heteroatoms. The van der Waals surface area contributed by atoms with Crippen molar-refractivity contribution in [2.75, 3.05) is 42.9 Å². The van der Waals surface area contributed by atoms with Crippen molar-refractivity contribution in [2.24, 2.45) is 5.92 Å². The van der Waals surface area contributed by atoms with Crippen molar-refractivity contribution in [3.05, 3.63) is 118 Å². The number of benzene rings is 3. The molecule has 5 aliphatic rings. The highest BCUT2D eigenvalue weighted by Gasteiger charge is 2.45. The van der Waals surface area contributed by atoms with Crippen molar-refractivity contribution in [2.45, 2.75) is 63.1 Å². The summed E-state index contributed by atoms with van der Waals surface area (Å²) in [6, 6.07) is 15.7. The molecule has 10 rings (SSSR count). The summed E-state index contributed by atoms with van der Waals surface area (Å²) in [7, 11) is 0. The maximum Gasteiger partial charge on any atom is 0.262 e. The van der Waals surface area contributed by atoms with E-state index < -0.39 is 53.3 Å². The first-order chi connectivity index (χ1) is 31.5. The number of halogens is 1. The summed E-state index contributed by atoms with van der Waals surface area (Å²) in [6.07, 6.45) is 5.61. The molecule has 3 fully saturated rings. The normalized spacial score (nSPS) is 20.0. The van der Waals surface area contributed by atoms with Gasteiger partial charge >= 0.3 is 0 Å². The summed E-state index contributed by atoms with van der Waals surface area (Å²) >= 11 is 1.20. The minimum absolute atomic E-state index is 0.0384. The van der Waals surface area contributed by atoms with Crippen LogP contribution in [0.3, 0.4) is 0 Å². The van der Waals surface area contributed by atoms with Crippen LogP contribution in [-0.4, -0.2) is 109 Å². The fraction of sp³-hybridized carbons (Fsp3) is 0.340. The van der Waals surface area contributed by atoms with Gasteiger partial charge in [0.1, 0.15) is 23.7 Å². The molecule has 0 radical (unpaired) electrons. The van der Waals surface area contributed by atoms with Crippen LogP contribution >= 0.6 is 11.3 Å². The summed E-state index contributed by atoms with van der Waals surface area (Å²) < 4.78 is 14.4. The monoisotopic (exact) mass is 897 g/mol. The number of carbonyl (C=O) groups is 6. The first-order valence-electron chi connectivity index (χ1n) is 21.8. The molecule has 65 heavy (non-hydrogen) atoms. The first kappa shape index (κ1) is 42.1. The molecule has 6 amide bonds. The smallest absolute Gasteiger partial charge is 0.262 e. The van der Waals surface area contributed by atoms with Crippen LogP contribution in [0.4, 0.5) is 15.3 Å². The average Bonchev–Trinajstić information content (AvgIpc) is 4.01. The minimum atomic E-state index is -1.33. The van der Waals surface area contributed by atoms with E-state index >= 15 is 0 Å².